The van der Waals surface area contributed by atoms with Gasteiger partial charge in [0.2, 0.25) is 0 Å². The molecule has 0 spiro atoms. The SMILES string of the molecule is CC(C)(C)c1cc2c(c(C(C)(C)C)c1)Oc1c(C(C)(C)C)cc(C(C)(C)C)c(O)c1N2.[Cu]. The van der Waals surface area contributed by atoms with Crippen LogP contribution < -0.4 is 10.1 Å². The third-order valence-electron chi connectivity index (χ3n) is 6.10. The zero-order valence-corrected chi connectivity index (χ0v) is 22.8. The Morgan fingerprint density at radius 1 is 0.625 bits per heavy atom. The van der Waals surface area contributed by atoms with Gasteiger partial charge in [0.05, 0.1) is 5.69 Å². The molecule has 4 heteroatoms. The second-order valence-corrected chi connectivity index (χ2v) is 13.2. The van der Waals surface area contributed by atoms with Crippen LogP contribution in [0.1, 0.15) is 105 Å². The van der Waals surface area contributed by atoms with Gasteiger partial charge < -0.3 is 15.2 Å². The van der Waals surface area contributed by atoms with Crippen LogP contribution in [0.2, 0.25) is 0 Å². The maximum absolute atomic E-state index is 11.3. The van der Waals surface area contributed by atoms with Gasteiger partial charge in [-0.1, -0.05) is 89.2 Å². The Bertz CT molecular complexity index is 1030. The summed E-state index contributed by atoms with van der Waals surface area (Å²) < 4.78 is 6.69. The summed E-state index contributed by atoms with van der Waals surface area (Å²) in [6.45, 7) is 26.3. The van der Waals surface area contributed by atoms with Gasteiger partial charge in [-0.2, -0.15) is 0 Å². The van der Waals surface area contributed by atoms with Crippen molar-refractivity contribution in [1.82, 2.24) is 0 Å². The van der Waals surface area contributed by atoms with Crippen molar-refractivity contribution < 1.29 is 26.9 Å². The molecule has 0 aliphatic carbocycles. The molecule has 32 heavy (non-hydrogen) atoms. The molecule has 0 amide bonds. The van der Waals surface area contributed by atoms with Gasteiger partial charge in [0.1, 0.15) is 11.4 Å². The molecule has 3 nitrogen and oxygen atoms in total. The number of ether oxygens (including phenoxy) is 1. The second kappa shape index (κ2) is 7.99. The summed E-state index contributed by atoms with van der Waals surface area (Å²) in [7, 11) is 0. The summed E-state index contributed by atoms with van der Waals surface area (Å²) in [5, 5.41) is 14.9. The van der Waals surface area contributed by atoms with Gasteiger partial charge in [0.25, 0.3) is 0 Å². The summed E-state index contributed by atoms with van der Waals surface area (Å²) in [5.41, 5.74) is 5.65. The van der Waals surface area contributed by atoms with E-state index in [-0.39, 0.29) is 44.5 Å². The number of benzene rings is 2. The molecule has 1 aliphatic rings. The smallest absolute Gasteiger partial charge is 0.158 e. The fourth-order valence-electron chi connectivity index (χ4n) is 4.06. The number of fused-ring (bicyclic) bond motifs is 2. The van der Waals surface area contributed by atoms with E-state index in [9.17, 15) is 5.11 Å². The van der Waals surface area contributed by atoms with Gasteiger partial charge in [0, 0.05) is 33.8 Å². The average molecular weight is 487 g/mol. The van der Waals surface area contributed by atoms with Crippen LogP contribution in [0.15, 0.2) is 18.2 Å². The molecule has 0 saturated carbocycles. The van der Waals surface area contributed by atoms with Gasteiger partial charge in [0.15, 0.2) is 11.5 Å². The monoisotopic (exact) mass is 486 g/mol. The zero-order valence-electron chi connectivity index (χ0n) is 21.9. The van der Waals surface area contributed by atoms with E-state index >= 15 is 0 Å². The number of phenols is 1. The van der Waals surface area contributed by atoms with Gasteiger partial charge in [-0.05, 0) is 39.4 Å². The second-order valence-electron chi connectivity index (χ2n) is 13.2. The molecule has 181 valence electrons. The van der Waals surface area contributed by atoms with E-state index in [1.165, 1.54) is 11.1 Å². The first kappa shape index (κ1) is 26.6. The van der Waals surface area contributed by atoms with Gasteiger partial charge in [-0.25, -0.2) is 0 Å². The van der Waals surface area contributed by atoms with Gasteiger partial charge in [-0.15, -0.1) is 0 Å². The third kappa shape index (κ3) is 4.82. The maximum atomic E-state index is 11.3. The summed E-state index contributed by atoms with van der Waals surface area (Å²) in [6, 6.07) is 6.58. The topological polar surface area (TPSA) is 41.5 Å². The Morgan fingerprint density at radius 3 is 1.53 bits per heavy atom. The van der Waals surface area contributed by atoms with Crippen LogP contribution in [0.5, 0.6) is 17.2 Å². The summed E-state index contributed by atoms with van der Waals surface area (Å²) in [4.78, 5) is 0. The van der Waals surface area contributed by atoms with Gasteiger partial charge >= 0.3 is 0 Å². The molecule has 0 atom stereocenters. The normalized spacial score (nSPS) is 14.0. The minimum Gasteiger partial charge on any atom is -0.505 e. The van der Waals surface area contributed by atoms with E-state index in [1.54, 1.807) is 0 Å². The summed E-state index contributed by atoms with van der Waals surface area (Å²) in [6.07, 6.45) is 0. The van der Waals surface area contributed by atoms with Crippen molar-refractivity contribution in [2.45, 2.75) is 105 Å². The zero-order chi connectivity index (χ0) is 23.7. The number of aromatic hydroxyl groups is 1. The quantitative estimate of drug-likeness (QED) is 0.247. The van der Waals surface area contributed by atoms with E-state index in [0.717, 1.165) is 28.3 Å². The van der Waals surface area contributed by atoms with Gasteiger partial charge in [-0.3, -0.25) is 0 Å². The van der Waals surface area contributed by atoms with Crippen LogP contribution in [0.4, 0.5) is 11.4 Å². The molecule has 1 aliphatic heterocycles. The molecule has 2 N–H and O–H groups in total. The van der Waals surface area contributed by atoms with Crippen molar-refractivity contribution >= 4 is 11.4 Å². The van der Waals surface area contributed by atoms with Crippen LogP contribution in [0.3, 0.4) is 0 Å². The first-order valence-electron chi connectivity index (χ1n) is 11.4. The van der Waals surface area contributed by atoms with Crippen molar-refractivity contribution in [3.63, 3.8) is 0 Å². The first-order chi connectivity index (χ1) is 13.8. The molecule has 2 aromatic carbocycles. The van der Waals surface area contributed by atoms with E-state index in [4.69, 9.17) is 4.74 Å². The van der Waals surface area contributed by atoms with Crippen molar-refractivity contribution in [3.8, 4) is 17.2 Å². The summed E-state index contributed by atoms with van der Waals surface area (Å²) in [5.74, 6) is 1.88. The van der Waals surface area contributed by atoms with Crippen LogP contribution >= 0.6 is 0 Å². The van der Waals surface area contributed by atoms with E-state index < -0.39 is 0 Å². The largest absolute Gasteiger partial charge is 0.505 e. The van der Waals surface area contributed by atoms with Crippen molar-refractivity contribution in [2.75, 3.05) is 5.32 Å². The standard InChI is InChI=1S/C28H41NO2.Cu/c1-25(2,3)16-13-18(27(7,8)9)23-20(14-16)29-21-22(30)17(26(4,5)6)15-19(24(21)31-23)28(10,11)12;/h13-15,29-30H,1-12H3;. The number of hydrogen-bond donors (Lipinski definition) is 2. The molecular formula is C28H41CuNO2. The van der Waals surface area contributed by atoms with Crippen LogP contribution in [0, 0.1) is 0 Å². The van der Waals surface area contributed by atoms with Crippen LogP contribution in [0.25, 0.3) is 0 Å². The van der Waals surface area contributed by atoms with E-state index in [2.05, 4.69) is 107 Å². The Hall–Kier alpha value is -1.64. The van der Waals surface area contributed by atoms with E-state index in [0.29, 0.717) is 5.69 Å². The van der Waals surface area contributed by atoms with Crippen molar-refractivity contribution in [2.24, 2.45) is 0 Å². The number of hydrogen-bond acceptors (Lipinski definition) is 3. The Labute approximate surface area is 205 Å². The summed E-state index contributed by atoms with van der Waals surface area (Å²) >= 11 is 0. The average Bonchev–Trinajstić information content (AvgIpc) is 2.55. The maximum Gasteiger partial charge on any atom is 0.158 e. The first-order valence-corrected chi connectivity index (χ1v) is 11.4. The number of rotatable bonds is 0. The molecule has 0 fully saturated rings. The van der Waals surface area contributed by atoms with Crippen molar-refractivity contribution in [3.05, 3.63) is 40.5 Å². The molecular weight excluding hydrogens is 446 g/mol. The number of anilines is 2. The molecule has 0 unspecified atom stereocenters. The van der Waals surface area contributed by atoms with Crippen molar-refractivity contribution in [1.29, 1.82) is 0 Å². The Balaban J connectivity index is 0.00000363. The molecule has 0 aromatic heterocycles. The fourth-order valence-corrected chi connectivity index (χ4v) is 4.06. The third-order valence-corrected chi connectivity index (χ3v) is 6.10. The van der Waals surface area contributed by atoms with Crippen LogP contribution in [-0.2, 0) is 38.7 Å². The number of phenolic OH excluding ortho intramolecular Hbond substituents is 1. The molecule has 1 heterocycles. The Kier molecular flexibility index (Phi) is 6.65. The molecule has 0 saturated heterocycles. The van der Waals surface area contributed by atoms with E-state index in [1.807, 2.05) is 0 Å². The molecule has 1 radical (unpaired) electrons. The fraction of sp³-hybridized carbons (Fsp3) is 0.571. The molecule has 3 rings (SSSR count). The molecule has 0 bridgehead atoms. The Morgan fingerprint density at radius 2 is 1.09 bits per heavy atom. The minimum atomic E-state index is -0.190. The molecule has 2 aromatic rings. The predicted octanol–water partition coefficient (Wildman–Crippen LogP) is 8.43. The number of nitrogens with one attached hydrogen (secondary N) is 1. The predicted molar refractivity (Wildman–Crippen MR) is 133 cm³/mol. The van der Waals surface area contributed by atoms with Crippen LogP contribution in [-0.4, -0.2) is 5.11 Å². The minimum absolute atomic E-state index is 0.